The van der Waals surface area contributed by atoms with Gasteiger partial charge >= 0.3 is 0 Å². The summed E-state index contributed by atoms with van der Waals surface area (Å²) < 4.78 is 5.02. The van der Waals surface area contributed by atoms with Crippen LogP contribution in [-0.2, 0) is 4.74 Å². The van der Waals surface area contributed by atoms with Gasteiger partial charge in [0, 0.05) is 13.2 Å². The average molecular weight is 197 g/mol. The molecule has 14 heavy (non-hydrogen) atoms. The number of hydrogen-bond acceptors (Lipinski definition) is 4. The Bertz CT molecular complexity index is 324. The smallest absolute Gasteiger partial charge is 0.252 e. The summed E-state index contributed by atoms with van der Waals surface area (Å²) in [5.41, 5.74) is -0.158. The first-order valence-electron chi connectivity index (χ1n) is 4.56. The first kappa shape index (κ1) is 10.7. The molecule has 5 nitrogen and oxygen atoms in total. The van der Waals surface area contributed by atoms with Crippen LogP contribution in [0.4, 0.5) is 5.82 Å². The van der Waals surface area contributed by atoms with Gasteiger partial charge in [-0.1, -0.05) is 6.92 Å². The van der Waals surface area contributed by atoms with Gasteiger partial charge in [-0.05, 0) is 6.42 Å². The fourth-order valence-corrected chi connectivity index (χ4v) is 1.12. The normalized spacial score (nSPS) is 12.4. The van der Waals surface area contributed by atoms with Crippen LogP contribution in [0.3, 0.4) is 0 Å². The molecule has 0 saturated carbocycles. The molecule has 0 fully saturated rings. The van der Waals surface area contributed by atoms with E-state index in [4.69, 9.17) is 4.74 Å². The van der Waals surface area contributed by atoms with Crippen LogP contribution in [0.5, 0.6) is 0 Å². The lowest BCUT2D eigenvalue weighted by Gasteiger charge is -2.15. The Morgan fingerprint density at radius 3 is 3.07 bits per heavy atom. The van der Waals surface area contributed by atoms with Crippen molar-refractivity contribution in [1.29, 1.82) is 0 Å². The number of H-pyrrole nitrogens is 1. The van der Waals surface area contributed by atoms with Gasteiger partial charge in [0.15, 0.2) is 0 Å². The molecule has 0 aliphatic carbocycles. The lowest BCUT2D eigenvalue weighted by atomic mass is 10.2. The fraction of sp³-hybridized carbons (Fsp3) is 0.556. The second-order valence-electron chi connectivity index (χ2n) is 3.00. The van der Waals surface area contributed by atoms with Crippen molar-refractivity contribution in [2.24, 2.45) is 0 Å². The van der Waals surface area contributed by atoms with Crippen molar-refractivity contribution in [2.75, 3.05) is 19.0 Å². The molecule has 0 spiro atoms. The summed E-state index contributed by atoms with van der Waals surface area (Å²) >= 11 is 0. The van der Waals surface area contributed by atoms with Crippen LogP contribution in [0.15, 0.2) is 17.2 Å². The molecule has 1 heterocycles. The van der Waals surface area contributed by atoms with Crippen molar-refractivity contribution in [1.82, 2.24) is 9.97 Å². The van der Waals surface area contributed by atoms with Crippen molar-refractivity contribution < 1.29 is 4.74 Å². The molecule has 5 heteroatoms. The number of nitrogens with one attached hydrogen (secondary N) is 2. The average Bonchev–Trinajstić information content (AvgIpc) is 2.17. The summed E-state index contributed by atoms with van der Waals surface area (Å²) in [7, 11) is 1.65. The molecule has 1 unspecified atom stereocenters. The maximum absolute atomic E-state index is 11.0. The summed E-state index contributed by atoms with van der Waals surface area (Å²) in [5.74, 6) is 0.581. The predicted molar refractivity (Wildman–Crippen MR) is 54.4 cm³/mol. The van der Waals surface area contributed by atoms with E-state index in [2.05, 4.69) is 15.3 Å². The SMILES string of the molecule is CCC(COC)Nc1cc(=O)[nH]cn1. The topological polar surface area (TPSA) is 67.0 Å². The van der Waals surface area contributed by atoms with Crippen LogP contribution in [0, 0.1) is 0 Å². The Morgan fingerprint density at radius 1 is 1.71 bits per heavy atom. The molecule has 0 radical (unpaired) electrons. The Kier molecular flexibility index (Phi) is 4.12. The third-order valence-corrected chi connectivity index (χ3v) is 1.89. The van der Waals surface area contributed by atoms with Crippen molar-refractivity contribution >= 4 is 5.82 Å². The second-order valence-corrected chi connectivity index (χ2v) is 3.00. The van der Waals surface area contributed by atoms with Crippen molar-refractivity contribution in [3.8, 4) is 0 Å². The van der Waals surface area contributed by atoms with E-state index in [0.29, 0.717) is 12.4 Å². The minimum absolute atomic E-state index is 0.158. The highest BCUT2D eigenvalue weighted by molar-refractivity contribution is 5.32. The van der Waals surface area contributed by atoms with Gasteiger partial charge in [0.1, 0.15) is 5.82 Å². The number of nitrogens with zero attached hydrogens (tertiary/aromatic N) is 1. The Balaban J connectivity index is 2.62. The molecular weight excluding hydrogens is 182 g/mol. The van der Waals surface area contributed by atoms with Gasteiger partial charge in [0.05, 0.1) is 19.0 Å². The van der Waals surface area contributed by atoms with Crippen molar-refractivity contribution in [3.63, 3.8) is 0 Å². The van der Waals surface area contributed by atoms with E-state index in [1.807, 2.05) is 6.92 Å². The van der Waals surface area contributed by atoms with E-state index in [-0.39, 0.29) is 11.6 Å². The molecule has 1 atom stereocenters. The second kappa shape index (κ2) is 5.39. The third-order valence-electron chi connectivity index (χ3n) is 1.89. The molecule has 0 aliphatic heterocycles. The fourth-order valence-electron chi connectivity index (χ4n) is 1.12. The molecule has 0 bridgehead atoms. The van der Waals surface area contributed by atoms with Crippen LogP contribution in [0.25, 0.3) is 0 Å². The van der Waals surface area contributed by atoms with Gasteiger partial charge in [0.25, 0.3) is 5.56 Å². The molecule has 1 rings (SSSR count). The molecular formula is C9H15N3O2. The van der Waals surface area contributed by atoms with Crippen LogP contribution in [0.1, 0.15) is 13.3 Å². The molecule has 0 aromatic carbocycles. The number of methoxy groups -OCH3 is 1. The summed E-state index contributed by atoms with van der Waals surface area (Å²) in [6.45, 7) is 2.65. The van der Waals surface area contributed by atoms with Gasteiger partial charge < -0.3 is 15.0 Å². The Labute approximate surface area is 82.5 Å². The maximum Gasteiger partial charge on any atom is 0.252 e. The highest BCUT2D eigenvalue weighted by Crippen LogP contribution is 2.02. The number of hydrogen-bond donors (Lipinski definition) is 2. The minimum atomic E-state index is -0.158. The van der Waals surface area contributed by atoms with Crippen LogP contribution in [0.2, 0.25) is 0 Å². The monoisotopic (exact) mass is 197 g/mol. The van der Waals surface area contributed by atoms with E-state index < -0.39 is 0 Å². The summed E-state index contributed by atoms with van der Waals surface area (Å²) in [6, 6.07) is 1.62. The first-order valence-corrected chi connectivity index (χ1v) is 4.56. The number of ether oxygens (including phenoxy) is 1. The number of rotatable bonds is 5. The number of anilines is 1. The lowest BCUT2D eigenvalue weighted by molar-refractivity contribution is 0.184. The largest absolute Gasteiger partial charge is 0.383 e. The molecule has 0 amide bonds. The van der Waals surface area contributed by atoms with Gasteiger partial charge in [-0.3, -0.25) is 4.79 Å². The summed E-state index contributed by atoms with van der Waals surface area (Å²) in [6.07, 6.45) is 2.30. The van der Waals surface area contributed by atoms with Crippen molar-refractivity contribution in [2.45, 2.75) is 19.4 Å². The standard InChI is InChI=1S/C9H15N3O2/c1-3-7(5-14-2)12-8-4-9(13)11-6-10-8/h4,6-7H,3,5H2,1-2H3,(H2,10,11,12,13). The van der Waals surface area contributed by atoms with Crippen LogP contribution in [-0.4, -0.2) is 29.7 Å². The first-order chi connectivity index (χ1) is 6.76. The summed E-state index contributed by atoms with van der Waals surface area (Å²) in [4.78, 5) is 17.4. The van der Waals surface area contributed by atoms with E-state index in [1.165, 1.54) is 12.4 Å². The van der Waals surface area contributed by atoms with Gasteiger partial charge in [-0.2, -0.15) is 0 Å². The molecule has 0 saturated heterocycles. The molecule has 2 N–H and O–H groups in total. The van der Waals surface area contributed by atoms with Crippen molar-refractivity contribution in [3.05, 3.63) is 22.7 Å². The van der Waals surface area contributed by atoms with E-state index in [9.17, 15) is 4.79 Å². The quantitative estimate of drug-likeness (QED) is 0.725. The number of aromatic nitrogens is 2. The minimum Gasteiger partial charge on any atom is -0.383 e. The van der Waals surface area contributed by atoms with Gasteiger partial charge in [-0.25, -0.2) is 4.98 Å². The molecule has 78 valence electrons. The van der Waals surface area contributed by atoms with E-state index in [1.54, 1.807) is 7.11 Å². The zero-order chi connectivity index (χ0) is 10.4. The van der Waals surface area contributed by atoms with E-state index >= 15 is 0 Å². The zero-order valence-electron chi connectivity index (χ0n) is 8.41. The van der Waals surface area contributed by atoms with Crippen LogP contribution < -0.4 is 10.9 Å². The maximum atomic E-state index is 11.0. The van der Waals surface area contributed by atoms with Gasteiger partial charge in [-0.15, -0.1) is 0 Å². The number of aromatic amines is 1. The zero-order valence-corrected chi connectivity index (χ0v) is 8.41. The molecule has 0 aliphatic rings. The predicted octanol–water partition coefficient (Wildman–Crippen LogP) is 0.607. The highest BCUT2D eigenvalue weighted by Gasteiger charge is 2.05. The van der Waals surface area contributed by atoms with Crippen LogP contribution >= 0.6 is 0 Å². The molecule has 1 aromatic rings. The molecule has 1 aromatic heterocycles. The highest BCUT2D eigenvalue weighted by atomic mass is 16.5. The van der Waals surface area contributed by atoms with Gasteiger partial charge in [0.2, 0.25) is 0 Å². The Hall–Kier alpha value is -1.36. The van der Waals surface area contributed by atoms with E-state index in [0.717, 1.165) is 6.42 Å². The lowest BCUT2D eigenvalue weighted by Crippen LogP contribution is -2.25. The Morgan fingerprint density at radius 2 is 2.50 bits per heavy atom. The summed E-state index contributed by atoms with van der Waals surface area (Å²) in [5, 5.41) is 3.11. The third kappa shape index (κ3) is 3.18.